The van der Waals surface area contributed by atoms with Crippen LogP contribution in [0.1, 0.15) is 53.1 Å². The lowest BCUT2D eigenvalue weighted by molar-refractivity contribution is 0.0971. The molecule has 0 radical (unpaired) electrons. The second kappa shape index (κ2) is 7.50. The second-order valence-electron chi connectivity index (χ2n) is 8.05. The van der Waals surface area contributed by atoms with Crippen LogP contribution in [0.2, 0.25) is 0 Å². The van der Waals surface area contributed by atoms with E-state index in [1.165, 1.54) is 5.56 Å². The monoisotopic (exact) mass is 473 g/mol. The average molecular weight is 474 g/mol. The van der Waals surface area contributed by atoms with E-state index < -0.39 is 6.04 Å². The number of para-hydroxylation sites is 1. The predicted molar refractivity (Wildman–Crippen MR) is 126 cm³/mol. The van der Waals surface area contributed by atoms with Crippen LogP contribution in [-0.2, 0) is 0 Å². The fourth-order valence-electron chi connectivity index (χ4n) is 4.18. The lowest BCUT2D eigenvalue weighted by Crippen LogP contribution is -2.29. The first-order chi connectivity index (χ1) is 15.0. The number of rotatable bonds is 3. The maximum Gasteiger partial charge on any atom is 0.295 e. The lowest BCUT2D eigenvalue weighted by Gasteiger charge is -2.25. The van der Waals surface area contributed by atoms with Gasteiger partial charge in [0, 0.05) is 10.2 Å². The zero-order chi connectivity index (χ0) is 21.7. The van der Waals surface area contributed by atoms with Crippen LogP contribution in [-0.4, -0.2) is 5.91 Å². The van der Waals surface area contributed by atoms with E-state index in [4.69, 9.17) is 4.42 Å². The zero-order valence-electron chi connectivity index (χ0n) is 17.1. The number of fused-ring (bicyclic) bond motifs is 2. The number of hydrogen-bond acceptors (Lipinski definition) is 3. The van der Waals surface area contributed by atoms with Gasteiger partial charge in [-0.1, -0.05) is 72.2 Å². The van der Waals surface area contributed by atoms with E-state index in [0.717, 1.165) is 15.7 Å². The van der Waals surface area contributed by atoms with Gasteiger partial charge in [0.1, 0.15) is 5.58 Å². The molecule has 1 aromatic heterocycles. The Morgan fingerprint density at radius 1 is 0.935 bits per heavy atom. The molecule has 0 saturated carbocycles. The van der Waals surface area contributed by atoms with E-state index in [-0.39, 0.29) is 17.1 Å². The van der Waals surface area contributed by atoms with Crippen molar-refractivity contribution in [3.8, 4) is 0 Å². The number of benzene rings is 3. The number of carbonyl (C=O) groups excluding carboxylic acids is 1. The Labute approximate surface area is 188 Å². The average Bonchev–Trinajstić information content (AvgIpc) is 3.07. The van der Waals surface area contributed by atoms with E-state index in [9.17, 15) is 9.59 Å². The summed E-state index contributed by atoms with van der Waals surface area (Å²) in [7, 11) is 0. The van der Waals surface area contributed by atoms with Crippen LogP contribution in [0.3, 0.4) is 0 Å². The maximum absolute atomic E-state index is 13.6. The molecule has 0 saturated heterocycles. The highest BCUT2D eigenvalue weighted by Crippen LogP contribution is 2.41. The van der Waals surface area contributed by atoms with Crippen molar-refractivity contribution in [1.29, 1.82) is 0 Å². The topological polar surface area (TPSA) is 50.5 Å². The van der Waals surface area contributed by atoms with Crippen molar-refractivity contribution in [2.45, 2.75) is 25.8 Å². The molecular formula is C26H20BrNO3. The highest BCUT2D eigenvalue weighted by molar-refractivity contribution is 9.10. The number of carbonyl (C=O) groups is 1. The molecule has 0 bridgehead atoms. The van der Waals surface area contributed by atoms with Crippen molar-refractivity contribution < 1.29 is 9.21 Å². The molecule has 31 heavy (non-hydrogen) atoms. The Morgan fingerprint density at radius 3 is 2.32 bits per heavy atom. The van der Waals surface area contributed by atoms with Crippen molar-refractivity contribution in [3.63, 3.8) is 0 Å². The molecule has 1 amide bonds. The van der Waals surface area contributed by atoms with Gasteiger partial charge in [0.15, 0.2) is 5.43 Å². The Kier molecular flexibility index (Phi) is 4.78. The number of anilines is 1. The summed E-state index contributed by atoms with van der Waals surface area (Å²) in [5.41, 5.74) is 3.42. The summed E-state index contributed by atoms with van der Waals surface area (Å²) in [5, 5.41) is 0.458. The molecule has 0 aliphatic carbocycles. The fraction of sp³-hybridized carbons (Fsp3) is 0.154. The van der Waals surface area contributed by atoms with Gasteiger partial charge in [-0.25, -0.2) is 0 Å². The highest BCUT2D eigenvalue weighted by Gasteiger charge is 2.43. The lowest BCUT2D eigenvalue weighted by atomic mass is 9.95. The third-order valence-corrected chi connectivity index (χ3v) is 6.28. The second-order valence-corrected chi connectivity index (χ2v) is 8.96. The molecule has 1 atom stereocenters. The third-order valence-electron chi connectivity index (χ3n) is 5.79. The summed E-state index contributed by atoms with van der Waals surface area (Å²) >= 11 is 3.43. The molecule has 5 rings (SSSR count). The van der Waals surface area contributed by atoms with Gasteiger partial charge >= 0.3 is 0 Å². The van der Waals surface area contributed by atoms with Crippen molar-refractivity contribution in [2.75, 3.05) is 4.90 Å². The van der Waals surface area contributed by atoms with E-state index >= 15 is 0 Å². The minimum absolute atomic E-state index is 0.113. The molecule has 1 aliphatic heterocycles. The predicted octanol–water partition coefficient (Wildman–Crippen LogP) is 6.43. The summed E-state index contributed by atoms with van der Waals surface area (Å²) < 4.78 is 6.79. The van der Waals surface area contributed by atoms with Crippen molar-refractivity contribution in [2.24, 2.45) is 0 Å². The molecule has 0 fully saturated rings. The van der Waals surface area contributed by atoms with Gasteiger partial charge in [-0.2, -0.15) is 0 Å². The van der Waals surface area contributed by atoms with E-state index in [2.05, 4.69) is 41.9 Å². The SMILES string of the molecule is CC(C)c1ccc(C2c3c(oc4ccc(Br)cc4c3=O)C(=O)N2c2ccccc2)cc1. The van der Waals surface area contributed by atoms with Crippen LogP contribution in [0.15, 0.2) is 86.5 Å². The molecule has 0 N–H and O–H groups in total. The maximum atomic E-state index is 13.6. The van der Waals surface area contributed by atoms with Crippen LogP contribution >= 0.6 is 15.9 Å². The standard InChI is InChI=1S/C26H20BrNO3/c1-15(2)16-8-10-17(11-9-16)23-22-24(29)20-14-18(27)12-13-21(20)31-25(22)26(30)28(23)19-6-4-3-5-7-19/h3-15,23H,1-2H3. The van der Waals surface area contributed by atoms with Crippen molar-refractivity contribution >= 4 is 38.5 Å². The smallest absolute Gasteiger partial charge is 0.295 e. The summed E-state index contributed by atoms with van der Waals surface area (Å²) in [4.78, 5) is 28.8. The van der Waals surface area contributed by atoms with Crippen LogP contribution < -0.4 is 10.3 Å². The first kappa shape index (κ1) is 19.8. The molecule has 1 aliphatic rings. The number of nitrogens with zero attached hydrogens (tertiary/aromatic N) is 1. The van der Waals surface area contributed by atoms with Gasteiger partial charge in [-0.3, -0.25) is 14.5 Å². The van der Waals surface area contributed by atoms with Gasteiger partial charge in [0.05, 0.1) is 17.0 Å². The minimum atomic E-state index is -0.550. The molecular weight excluding hydrogens is 454 g/mol. The van der Waals surface area contributed by atoms with Gasteiger partial charge in [-0.15, -0.1) is 0 Å². The molecule has 1 unspecified atom stereocenters. The first-order valence-corrected chi connectivity index (χ1v) is 11.0. The molecule has 154 valence electrons. The minimum Gasteiger partial charge on any atom is -0.450 e. The zero-order valence-corrected chi connectivity index (χ0v) is 18.7. The molecule has 4 aromatic rings. The van der Waals surface area contributed by atoms with Crippen LogP contribution in [0.5, 0.6) is 0 Å². The van der Waals surface area contributed by atoms with Gasteiger partial charge in [-0.05, 0) is 47.4 Å². The summed E-state index contributed by atoms with van der Waals surface area (Å²) in [6.07, 6.45) is 0. The molecule has 2 heterocycles. The first-order valence-electron chi connectivity index (χ1n) is 10.2. The number of halogens is 1. The van der Waals surface area contributed by atoms with E-state index in [1.807, 2.05) is 42.5 Å². The molecule has 3 aromatic carbocycles. The molecule has 4 nitrogen and oxygen atoms in total. The Bertz CT molecular complexity index is 1360. The molecule has 5 heteroatoms. The highest BCUT2D eigenvalue weighted by atomic mass is 79.9. The normalized spacial score (nSPS) is 15.7. The number of amides is 1. The van der Waals surface area contributed by atoms with Gasteiger partial charge in [0.25, 0.3) is 5.91 Å². The van der Waals surface area contributed by atoms with E-state index in [1.54, 1.807) is 23.1 Å². The number of hydrogen-bond donors (Lipinski definition) is 0. The largest absolute Gasteiger partial charge is 0.450 e. The summed E-state index contributed by atoms with van der Waals surface area (Å²) in [5.74, 6) is 0.200. The van der Waals surface area contributed by atoms with Crippen LogP contribution in [0.4, 0.5) is 5.69 Å². The van der Waals surface area contributed by atoms with E-state index in [0.29, 0.717) is 22.5 Å². The van der Waals surface area contributed by atoms with Crippen molar-refractivity contribution in [3.05, 3.63) is 110 Å². The van der Waals surface area contributed by atoms with Crippen molar-refractivity contribution in [1.82, 2.24) is 0 Å². The Balaban J connectivity index is 1.78. The summed E-state index contributed by atoms with van der Waals surface area (Å²) in [6, 6.07) is 22.3. The Hall–Kier alpha value is -3.18. The summed E-state index contributed by atoms with van der Waals surface area (Å²) in [6.45, 7) is 4.27. The Morgan fingerprint density at radius 2 is 1.65 bits per heavy atom. The van der Waals surface area contributed by atoms with Crippen LogP contribution in [0, 0.1) is 0 Å². The third kappa shape index (κ3) is 3.20. The fourth-order valence-corrected chi connectivity index (χ4v) is 4.54. The van der Waals surface area contributed by atoms with Gasteiger partial charge in [0.2, 0.25) is 5.76 Å². The van der Waals surface area contributed by atoms with Crippen LogP contribution in [0.25, 0.3) is 11.0 Å². The quantitative estimate of drug-likeness (QED) is 0.344. The molecule has 0 spiro atoms. The van der Waals surface area contributed by atoms with Gasteiger partial charge < -0.3 is 4.42 Å².